The van der Waals surface area contributed by atoms with Gasteiger partial charge in [-0.3, -0.25) is 0 Å². The van der Waals surface area contributed by atoms with Crippen LogP contribution in [0.2, 0.25) is 0 Å². The van der Waals surface area contributed by atoms with Crippen molar-refractivity contribution in [1.82, 2.24) is 5.32 Å². The fourth-order valence-corrected chi connectivity index (χ4v) is 4.91. The SMILES string of the molecule is CN1c2c(cc(NC3CCCCC3)cc2C(F)(F)F)[C@@H]2CNCC[C@@H]21. The third-order valence-electron chi connectivity index (χ3n) is 6.12. The average molecular weight is 353 g/mol. The second-order valence-corrected chi connectivity index (χ2v) is 7.72. The predicted octanol–water partition coefficient (Wildman–Crippen LogP) is 4.35. The maximum absolute atomic E-state index is 13.8. The summed E-state index contributed by atoms with van der Waals surface area (Å²) < 4.78 is 41.3. The van der Waals surface area contributed by atoms with Gasteiger partial charge in [-0.15, -0.1) is 0 Å². The van der Waals surface area contributed by atoms with E-state index in [4.69, 9.17) is 0 Å². The van der Waals surface area contributed by atoms with Crippen molar-refractivity contribution in [2.75, 3.05) is 30.4 Å². The molecule has 0 unspecified atom stereocenters. The standard InChI is InChI=1S/C19H26F3N3/c1-25-17-7-8-23-11-15(17)14-9-13(24-12-5-3-2-4-6-12)10-16(18(14)25)19(20,21)22/h9-10,12,15,17,23-24H,2-8,11H2,1H3/t15-,17-/m0/s1. The molecule has 1 aromatic rings. The van der Waals surface area contributed by atoms with Crippen molar-refractivity contribution in [3.63, 3.8) is 0 Å². The number of hydrogen-bond donors (Lipinski definition) is 2. The number of nitrogens with zero attached hydrogens (tertiary/aromatic N) is 1. The number of rotatable bonds is 2. The Labute approximate surface area is 147 Å². The van der Waals surface area contributed by atoms with Gasteiger partial charge >= 0.3 is 6.18 Å². The molecule has 0 bridgehead atoms. The van der Waals surface area contributed by atoms with Crippen LogP contribution in [-0.2, 0) is 6.18 Å². The van der Waals surface area contributed by atoms with E-state index in [0.717, 1.165) is 50.8 Å². The summed E-state index contributed by atoms with van der Waals surface area (Å²) in [4.78, 5) is 1.87. The molecule has 0 aromatic heterocycles. The van der Waals surface area contributed by atoms with E-state index in [2.05, 4.69) is 10.6 Å². The maximum atomic E-state index is 13.8. The van der Waals surface area contributed by atoms with Crippen LogP contribution in [-0.4, -0.2) is 32.2 Å². The van der Waals surface area contributed by atoms with Gasteiger partial charge in [-0.05, 0) is 43.5 Å². The maximum Gasteiger partial charge on any atom is 0.418 e. The molecule has 0 amide bonds. The smallest absolute Gasteiger partial charge is 0.382 e. The van der Waals surface area contributed by atoms with Gasteiger partial charge in [-0.1, -0.05) is 19.3 Å². The number of alkyl halides is 3. The zero-order valence-corrected chi connectivity index (χ0v) is 14.6. The minimum Gasteiger partial charge on any atom is -0.382 e. The first-order chi connectivity index (χ1) is 11.9. The van der Waals surface area contributed by atoms with Crippen LogP contribution < -0.4 is 15.5 Å². The fraction of sp³-hybridized carbons (Fsp3) is 0.684. The van der Waals surface area contributed by atoms with E-state index < -0.39 is 11.7 Å². The monoisotopic (exact) mass is 353 g/mol. The Morgan fingerprint density at radius 2 is 1.88 bits per heavy atom. The molecular formula is C19H26F3N3. The van der Waals surface area contributed by atoms with Gasteiger partial charge in [0.15, 0.2) is 0 Å². The van der Waals surface area contributed by atoms with Crippen molar-refractivity contribution in [2.24, 2.45) is 0 Å². The van der Waals surface area contributed by atoms with E-state index in [-0.39, 0.29) is 12.0 Å². The fourth-order valence-electron chi connectivity index (χ4n) is 4.91. The molecule has 1 saturated heterocycles. The minimum absolute atomic E-state index is 0.142. The summed E-state index contributed by atoms with van der Waals surface area (Å²) in [5.41, 5.74) is 1.39. The van der Waals surface area contributed by atoms with E-state index in [1.807, 2.05) is 18.0 Å². The molecule has 4 rings (SSSR count). The number of nitrogens with one attached hydrogen (secondary N) is 2. The first-order valence-corrected chi connectivity index (χ1v) is 9.40. The predicted molar refractivity (Wildman–Crippen MR) is 94.4 cm³/mol. The Morgan fingerprint density at radius 3 is 2.60 bits per heavy atom. The molecule has 2 atom stereocenters. The summed E-state index contributed by atoms with van der Waals surface area (Å²) in [6.45, 7) is 1.63. The summed E-state index contributed by atoms with van der Waals surface area (Å²) in [6, 6.07) is 3.77. The topological polar surface area (TPSA) is 27.3 Å². The van der Waals surface area contributed by atoms with E-state index in [1.54, 1.807) is 0 Å². The number of fused-ring (bicyclic) bond motifs is 3. The molecule has 3 aliphatic rings. The molecule has 6 heteroatoms. The van der Waals surface area contributed by atoms with Gasteiger partial charge in [0.2, 0.25) is 0 Å². The van der Waals surface area contributed by atoms with Crippen molar-refractivity contribution < 1.29 is 13.2 Å². The highest BCUT2D eigenvalue weighted by Gasteiger charge is 2.45. The minimum atomic E-state index is -4.33. The zero-order valence-electron chi connectivity index (χ0n) is 14.6. The highest BCUT2D eigenvalue weighted by Crippen LogP contribution is 2.50. The number of hydrogen-bond acceptors (Lipinski definition) is 3. The molecule has 1 saturated carbocycles. The van der Waals surface area contributed by atoms with Crippen molar-refractivity contribution in [1.29, 1.82) is 0 Å². The van der Waals surface area contributed by atoms with Crippen LogP contribution in [0.25, 0.3) is 0 Å². The van der Waals surface area contributed by atoms with Crippen LogP contribution in [0, 0.1) is 0 Å². The number of halogens is 3. The first kappa shape index (κ1) is 17.0. The Hall–Kier alpha value is -1.43. The summed E-state index contributed by atoms with van der Waals surface area (Å²) in [6.07, 6.45) is 2.20. The van der Waals surface area contributed by atoms with Gasteiger partial charge in [-0.2, -0.15) is 13.2 Å². The Balaban J connectivity index is 1.73. The summed E-state index contributed by atoms with van der Waals surface area (Å²) in [5.74, 6) is 0.142. The quantitative estimate of drug-likeness (QED) is 0.828. The van der Waals surface area contributed by atoms with Gasteiger partial charge < -0.3 is 15.5 Å². The second-order valence-electron chi connectivity index (χ2n) is 7.72. The normalized spacial score (nSPS) is 27.1. The molecule has 0 spiro atoms. The van der Waals surface area contributed by atoms with E-state index in [0.29, 0.717) is 17.4 Å². The van der Waals surface area contributed by atoms with Crippen LogP contribution in [0.4, 0.5) is 24.5 Å². The highest BCUT2D eigenvalue weighted by atomic mass is 19.4. The van der Waals surface area contributed by atoms with Gasteiger partial charge in [0.1, 0.15) is 0 Å². The summed E-state index contributed by atoms with van der Waals surface area (Å²) >= 11 is 0. The molecule has 1 aromatic carbocycles. The third kappa shape index (κ3) is 3.09. The van der Waals surface area contributed by atoms with Crippen molar-refractivity contribution in [2.45, 2.75) is 62.7 Å². The van der Waals surface area contributed by atoms with Crippen molar-refractivity contribution >= 4 is 11.4 Å². The molecule has 2 fully saturated rings. The zero-order chi connectivity index (χ0) is 17.6. The molecule has 2 N–H and O–H groups in total. The molecule has 2 aliphatic heterocycles. The van der Waals surface area contributed by atoms with E-state index in [9.17, 15) is 13.2 Å². The molecular weight excluding hydrogens is 327 g/mol. The molecule has 2 heterocycles. The van der Waals surface area contributed by atoms with E-state index in [1.165, 1.54) is 12.5 Å². The lowest BCUT2D eigenvalue weighted by molar-refractivity contribution is -0.137. The number of likely N-dealkylation sites (N-methyl/N-ethyl adjacent to an activating group) is 1. The molecule has 1 aliphatic carbocycles. The Morgan fingerprint density at radius 1 is 1.12 bits per heavy atom. The van der Waals surface area contributed by atoms with Crippen LogP contribution in [0.15, 0.2) is 12.1 Å². The van der Waals surface area contributed by atoms with Crippen LogP contribution in [0.1, 0.15) is 55.6 Å². The Bertz CT molecular complexity index is 638. The molecule has 138 valence electrons. The molecule has 3 nitrogen and oxygen atoms in total. The van der Waals surface area contributed by atoms with Crippen LogP contribution >= 0.6 is 0 Å². The lowest BCUT2D eigenvalue weighted by Crippen LogP contribution is -2.42. The lowest BCUT2D eigenvalue weighted by atomic mass is 9.89. The molecule has 0 radical (unpaired) electrons. The van der Waals surface area contributed by atoms with Crippen LogP contribution in [0.5, 0.6) is 0 Å². The second kappa shape index (κ2) is 6.38. The lowest BCUT2D eigenvalue weighted by Gasteiger charge is -2.31. The summed E-state index contributed by atoms with van der Waals surface area (Å²) in [7, 11) is 1.82. The third-order valence-corrected chi connectivity index (χ3v) is 6.12. The van der Waals surface area contributed by atoms with Crippen molar-refractivity contribution in [3.8, 4) is 0 Å². The van der Waals surface area contributed by atoms with Crippen LogP contribution in [0.3, 0.4) is 0 Å². The number of anilines is 2. The number of piperidine rings is 1. The van der Waals surface area contributed by atoms with Crippen molar-refractivity contribution in [3.05, 3.63) is 23.3 Å². The van der Waals surface area contributed by atoms with Gasteiger partial charge in [0.25, 0.3) is 0 Å². The Kier molecular flexibility index (Phi) is 4.34. The van der Waals surface area contributed by atoms with Gasteiger partial charge in [-0.25, -0.2) is 0 Å². The average Bonchev–Trinajstić information content (AvgIpc) is 2.88. The van der Waals surface area contributed by atoms with Gasteiger partial charge in [0, 0.05) is 37.3 Å². The van der Waals surface area contributed by atoms with E-state index >= 15 is 0 Å². The first-order valence-electron chi connectivity index (χ1n) is 9.40. The number of benzene rings is 1. The van der Waals surface area contributed by atoms with Gasteiger partial charge in [0.05, 0.1) is 11.3 Å². The highest BCUT2D eigenvalue weighted by molar-refractivity contribution is 5.72. The molecule has 25 heavy (non-hydrogen) atoms. The largest absolute Gasteiger partial charge is 0.418 e. The summed E-state index contributed by atoms with van der Waals surface area (Å²) in [5, 5.41) is 6.74.